The largest absolute Gasteiger partial charge is 0.490 e. The zero-order valence-corrected chi connectivity index (χ0v) is 13.0. The lowest BCUT2D eigenvalue weighted by Gasteiger charge is -2.32. The molecular weight excluding hydrogens is 306 g/mol. The number of rotatable bonds is 5. The van der Waals surface area contributed by atoms with Crippen LogP contribution in [0, 0.1) is 0 Å². The molecule has 0 heterocycles. The van der Waals surface area contributed by atoms with Crippen molar-refractivity contribution in [3.63, 3.8) is 0 Å². The molecule has 1 aliphatic carbocycles. The Morgan fingerprint density at radius 2 is 2.05 bits per heavy atom. The van der Waals surface area contributed by atoms with Crippen LogP contribution in [0.1, 0.15) is 37.7 Å². The lowest BCUT2D eigenvalue weighted by molar-refractivity contribution is -0.0341. The minimum atomic E-state index is -0.637. The summed E-state index contributed by atoms with van der Waals surface area (Å²) in [6.45, 7) is 1.15. The minimum absolute atomic E-state index is 0.394. The number of hydrogen-bond acceptors (Lipinski definition) is 3. The smallest absolute Gasteiger partial charge is 0.124 e. The highest BCUT2D eigenvalue weighted by Gasteiger charge is 2.30. The van der Waals surface area contributed by atoms with Crippen LogP contribution in [0.25, 0.3) is 0 Å². The third kappa shape index (κ3) is 4.20. The molecule has 2 N–H and O–H groups in total. The molecular formula is C15H22BrNO2. The van der Waals surface area contributed by atoms with E-state index in [4.69, 9.17) is 4.74 Å². The van der Waals surface area contributed by atoms with Gasteiger partial charge in [-0.05, 0) is 38.1 Å². The first-order chi connectivity index (χ1) is 9.13. The number of benzene rings is 1. The first-order valence-corrected chi connectivity index (χ1v) is 7.70. The van der Waals surface area contributed by atoms with Gasteiger partial charge in [0, 0.05) is 16.6 Å². The third-order valence-electron chi connectivity index (χ3n) is 3.67. The van der Waals surface area contributed by atoms with Crippen LogP contribution in [-0.4, -0.2) is 24.4 Å². The van der Waals surface area contributed by atoms with Gasteiger partial charge in [0.2, 0.25) is 0 Å². The highest BCUT2D eigenvalue weighted by Crippen LogP contribution is 2.30. The molecule has 0 amide bonds. The highest BCUT2D eigenvalue weighted by molar-refractivity contribution is 9.10. The Hall–Kier alpha value is -0.580. The van der Waals surface area contributed by atoms with Gasteiger partial charge in [0.1, 0.15) is 12.4 Å². The predicted octanol–water partition coefficient (Wildman–Crippen LogP) is 3.24. The van der Waals surface area contributed by atoms with Crippen LogP contribution in [0.5, 0.6) is 5.75 Å². The molecule has 0 aliphatic heterocycles. The molecule has 0 atom stereocenters. The van der Waals surface area contributed by atoms with Crippen molar-refractivity contribution in [1.29, 1.82) is 0 Å². The van der Waals surface area contributed by atoms with Gasteiger partial charge in [-0.15, -0.1) is 0 Å². The van der Waals surface area contributed by atoms with Gasteiger partial charge in [-0.1, -0.05) is 35.2 Å². The van der Waals surface area contributed by atoms with Gasteiger partial charge in [0.15, 0.2) is 0 Å². The van der Waals surface area contributed by atoms with Crippen molar-refractivity contribution < 1.29 is 9.84 Å². The molecule has 0 radical (unpaired) electrons. The molecule has 1 saturated carbocycles. The molecule has 0 aromatic heterocycles. The van der Waals surface area contributed by atoms with Crippen LogP contribution in [0.2, 0.25) is 0 Å². The van der Waals surface area contributed by atoms with Gasteiger partial charge in [0.25, 0.3) is 0 Å². The average Bonchev–Trinajstić information content (AvgIpc) is 2.39. The normalized spacial score (nSPS) is 18.3. The molecule has 1 aromatic rings. The molecule has 1 aliphatic rings. The van der Waals surface area contributed by atoms with Crippen LogP contribution in [0.4, 0.5) is 0 Å². The Kier molecular flexibility index (Phi) is 5.25. The monoisotopic (exact) mass is 327 g/mol. The summed E-state index contributed by atoms with van der Waals surface area (Å²) in [5, 5.41) is 13.6. The summed E-state index contributed by atoms with van der Waals surface area (Å²) in [6, 6.07) is 5.99. The number of halogens is 1. The molecule has 2 rings (SSSR count). The van der Waals surface area contributed by atoms with E-state index in [-0.39, 0.29) is 0 Å². The molecule has 0 spiro atoms. The Balaban J connectivity index is 2.02. The SMILES string of the molecule is CNCc1cc(Br)ccc1OCC1(O)CCCCC1. The van der Waals surface area contributed by atoms with E-state index < -0.39 is 5.60 Å². The maximum atomic E-state index is 10.5. The van der Waals surface area contributed by atoms with Gasteiger partial charge < -0.3 is 15.2 Å². The van der Waals surface area contributed by atoms with Crippen molar-refractivity contribution in [2.45, 2.75) is 44.2 Å². The first-order valence-electron chi connectivity index (χ1n) is 6.91. The van der Waals surface area contributed by atoms with Crippen molar-refractivity contribution in [2.75, 3.05) is 13.7 Å². The van der Waals surface area contributed by atoms with Crippen LogP contribution in [0.15, 0.2) is 22.7 Å². The second-order valence-corrected chi connectivity index (χ2v) is 6.27. The number of ether oxygens (including phenoxy) is 1. The molecule has 0 saturated heterocycles. The highest BCUT2D eigenvalue weighted by atomic mass is 79.9. The summed E-state index contributed by atoms with van der Waals surface area (Å²) in [6.07, 6.45) is 5.13. The molecule has 1 aromatic carbocycles. The van der Waals surface area contributed by atoms with Crippen molar-refractivity contribution in [3.05, 3.63) is 28.2 Å². The molecule has 0 unspecified atom stereocenters. The third-order valence-corrected chi connectivity index (χ3v) is 4.16. The zero-order chi connectivity index (χ0) is 13.7. The summed E-state index contributed by atoms with van der Waals surface area (Å²) in [5.41, 5.74) is 0.471. The fraction of sp³-hybridized carbons (Fsp3) is 0.600. The van der Waals surface area contributed by atoms with Gasteiger partial charge in [-0.3, -0.25) is 0 Å². The van der Waals surface area contributed by atoms with E-state index in [0.717, 1.165) is 48.0 Å². The Labute approximate surface area is 123 Å². The maximum Gasteiger partial charge on any atom is 0.124 e. The van der Waals surface area contributed by atoms with Crippen molar-refractivity contribution in [2.24, 2.45) is 0 Å². The van der Waals surface area contributed by atoms with Crippen LogP contribution >= 0.6 is 15.9 Å². The first kappa shape index (κ1) is 14.8. The van der Waals surface area contributed by atoms with Gasteiger partial charge in [-0.2, -0.15) is 0 Å². The summed E-state index contributed by atoms with van der Waals surface area (Å²) in [5.74, 6) is 0.858. The molecule has 106 valence electrons. The number of nitrogens with one attached hydrogen (secondary N) is 1. The predicted molar refractivity (Wildman–Crippen MR) is 80.4 cm³/mol. The second kappa shape index (κ2) is 6.73. The van der Waals surface area contributed by atoms with Crippen molar-refractivity contribution in [1.82, 2.24) is 5.32 Å². The van der Waals surface area contributed by atoms with Crippen molar-refractivity contribution in [3.8, 4) is 5.75 Å². The molecule has 0 bridgehead atoms. The topological polar surface area (TPSA) is 41.5 Å². The van der Waals surface area contributed by atoms with E-state index in [1.807, 2.05) is 19.2 Å². The Bertz CT molecular complexity index is 417. The van der Waals surface area contributed by atoms with Crippen LogP contribution in [-0.2, 0) is 6.54 Å². The Morgan fingerprint density at radius 1 is 1.32 bits per heavy atom. The number of hydrogen-bond donors (Lipinski definition) is 2. The van der Waals surface area contributed by atoms with E-state index >= 15 is 0 Å². The van der Waals surface area contributed by atoms with Crippen molar-refractivity contribution >= 4 is 15.9 Å². The second-order valence-electron chi connectivity index (χ2n) is 5.36. The van der Waals surface area contributed by atoms with E-state index in [2.05, 4.69) is 27.3 Å². The molecule has 19 heavy (non-hydrogen) atoms. The zero-order valence-electron chi connectivity index (χ0n) is 11.4. The fourth-order valence-electron chi connectivity index (χ4n) is 2.58. The van der Waals surface area contributed by atoms with Crippen LogP contribution in [0.3, 0.4) is 0 Å². The quantitative estimate of drug-likeness (QED) is 0.872. The van der Waals surface area contributed by atoms with Crippen LogP contribution < -0.4 is 10.1 Å². The van der Waals surface area contributed by atoms with E-state index in [9.17, 15) is 5.11 Å². The fourth-order valence-corrected chi connectivity index (χ4v) is 2.99. The van der Waals surface area contributed by atoms with Gasteiger partial charge >= 0.3 is 0 Å². The average molecular weight is 328 g/mol. The lowest BCUT2D eigenvalue weighted by Crippen LogP contribution is -2.38. The Morgan fingerprint density at radius 3 is 2.74 bits per heavy atom. The minimum Gasteiger partial charge on any atom is -0.490 e. The lowest BCUT2D eigenvalue weighted by atomic mass is 9.85. The summed E-state index contributed by atoms with van der Waals surface area (Å²) >= 11 is 3.47. The number of aliphatic hydroxyl groups is 1. The van der Waals surface area contributed by atoms with Gasteiger partial charge in [0.05, 0.1) is 5.60 Å². The van der Waals surface area contributed by atoms with E-state index in [1.165, 1.54) is 6.42 Å². The van der Waals surface area contributed by atoms with E-state index in [0.29, 0.717) is 6.61 Å². The standard InChI is InChI=1S/C15H22BrNO2/c1-17-10-12-9-13(16)5-6-14(12)19-11-15(18)7-3-2-4-8-15/h5-6,9,17-18H,2-4,7-8,10-11H2,1H3. The molecule has 3 nitrogen and oxygen atoms in total. The summed E-state index contributed by atoms with van der Waals surface area (Å²) in [7, 11) is 1.92. The van der Waals surface area contributed by atoms with Gasteiger partial charge in [-0.25, -0.2) is 0 Å². The molecule has 1 fully saturated rings. The summed E-state index contributed by atoms with van der Waals surface area (Å²) in [4.78, 5) is 0. The summed E-state index contributed by atoms with van der Waals surface area (Å²) < 4.78 is 6.92. The molecule has 4 heteroatoms. The van der Waals surface area contributed by atoms with E-state index in [1.54, 1.807) is 0 Å². The maximum absolute atomic E-state index is 10.5.